The average Bonchev–Trinajstić information content (AvgIpc) is 2.36. The van der Waals surface area contributed by atoms with Crippen LogP contribution < -0.4 is 4.74 Å². The number of halogens is 2. The van der Waals surface area contributed by atoms with E-state index in [4.69, 9.17) is 27.0 Å². The Labute approximate surface area is 121 Å². The van der Waals surface area contributed by atoms with Gasteiger partial charge >= 0.3 is 0 Å². The van der Waals surface area contributed by atoms with Gasteiger partial charge in [0, 0.05) is 15.7 Å². The third kappa shape index (κ3) is 4.13. The summed E-state index contributed by atoms with van der Waals surface area (Å²) in [6.45, 7) is 0.355. The van der Waals surface area contributed by atoms with Crippen LogP contribution in [0.3, 0.4) is 0 Å². The first-order chi connectivity index (χ1) is 8.95. The summed E-state index contributed by atoms with van der Waals surface area (Å²) in [5.41, 5.74) is 0.932. The molecular formula is C13H10Cl2O3S. The molecular weight excluding hydrogens is 307 g/mol. The van der Waals surface area contributed by atoms with Gasteiger partial charge in [-0.15, -0.1) is 0 Å². The van der Waals surface area contributed by atoms with Crippen molar-refractivity contribution in [2.24, 2.45) is 0 Å². The van der Waals surface area contributed by atoms with Crippen LogP contribution in [0.15, 0.2) is 53.4 Å². The summed E-state index contributed by atoms with van der Waals surface area (Å²) < 4.78 is 27.7. The van der Waals surface area contributed by atoms with E-state index in [0.29, 0.717) is 17.4 Å². The molecule has 19 heavy (non-hydrogen) atoms. The number of hydrogen-bond donors (Lipinski definition) is 0. The maximum absolute atomic E-state index is 11.1. The van der Waals surface area contributed by atoms with Gasteiger partial charge in [0.2, 0.25) is 0 Å². The average molecular weight is 317 g/mol. The fourth-order valence-corrected chi connectivity index (χ4v) is 2.47. The Hall–Kier alpha value is -1.23. The Morgan fingerprint density at radius 3 is 2.32 bits per heavy atom. The van der Waals surface area contributed by atoms with E-state index in [1.807, 2.05) is 12.1 Å². The zero-order valence-electron chi connectivity index (χ0n) is 9.71. The highest BCUT2D eigenvalue weighted by atomic mass is 35.7. The van der Waals surface area contributed by atoms with Crippen LogP contribution in [0.5, 0.6) is 5.75 Å². The summed E-state index contributed by atoms with van der Waals surface area (Å²) >= 11 is 5.86. The number of benzene rings is 2. The molecule has 0 amide bonds. The van der Waals surface area contributed by atoms with Crippen LogP contribution in [0, 0.1) is 0 Å². The predicted molar refractivity (Wildman–Crippen MR) is 75.3 cm³/mol. The molecule has 0 fully saturated rings. The van der Waals surface area contributed by atoms with Gasteiger partial charge in [0.15, 0.2) is 0 Å². The molecule has 3 nitrogen and oxygen atoms in total. The van der Waals surface area contributed by atoms with E-state index in [-0.39, 0.29) is 4.90 Å². The molecule has 2 aromatic carbocycles. The topological polar surface area (TPSA) is 43.4 Å². The number of ether oxygens (including phenoxy) is 1. The second-order valence-electron chi connectivity index (χ2n) is 3.83. The molecule has 0 aromatic heterocycles. The maximum Gasteiger partial charge on any atom is 0.261 e. The minimum atomic E-state index is -3.69. The van der Waals surface area contributed by atoms with Crippen molar-refractivity contribution in [2.45, 2.75) is 11.5 Å². The van der Waals surface area contributed by atoms with Crippen LogP contribution in [0.2, 0.25) is 5.02 Å². The molecule has 0 saturated carbocycles. The second kappa shape index (κ2) is 5.82. The minimum Gasteiger partial charge on any atom is -0.489 e. The molecule has 0 aliphatic rings. The lowest BCUT2D eigenvalue weighted by Crippen LogP contribution is -1.96. The second-order valence-corrected chi connectivity index (χ2v) is 6.83. The monoisotopic (exact) mass is 316 g/mol. The zero-order valence-corrected chi connectivity index (χ0v) is 12.0. The van der Waals surface area contributed by atoms with Crippen molar-refractivity contribution in [3.63, 3.8) is 0 Å². The van der Waals surface area contributed by atoms with Gasteiger partial charge in [0.05, 0.1) is 4.90 Å². The van der Waals surface area contributed by atoms with Crippen LogP contribution in [-0.4, -0.2) is 8.42 Å². The van der Waals surface area contributed by atoms with Crippen LogP contribution in [0.4, 0.5) is 0 Å². The minimum absolute atomic E-state index is 0.0456. The Balaban J connectivity index is 2.05. The predicted octanol–water partition coefficient (Wildman–Crippen LogP) is 3.85. The van der Waals surface area contributed by atoms with E-state index in [1.54, 1.807) is 24.3 Å². The van der Waals surface area contributed by atoms with Crippen molar-refractivity contribution in [3.8, 4) is 5.75 Å². The van der Waals surface area contributed by atoms with E-state index >= 15 is 0 Å². The Morgan fingerprint density at radius 2 is 1.74 bits per heavy atom. The molecule has 100 valence electrons. The van der Waals surface area contributed by atoms with E-state index < -0.39 is 9.05 Å². The van der Waals surface area contributed by atoms with Crippen molar-refractivity contribution in [3.05, 3.63) is 59.1 Å². The lowest BCUT2D eigenvalue weighted by Gasteiger charge is -2.07. The molecule has 0 atom stereocenters. The molecule has 6 heteroatoms. The molecule has 0 heterocycles. The summed E-state index contributed by atoms with van der Waals surface area (Å²) in [4.78, 5) is 0.0456. The van der Waals surface area contributed by atoms with Gasteiger partial charge in [-0.05, 0) is 42.0 Å². The fourth-order valence-electron chi connectivity index (χ4n) is 1.49. The fraction of sp³-hybridized carbons (Fsp3) is 0.0769. The molecule has 2 aromatic rings. The van der Waals surface area contributed by atoms with Gasteiger partial charge in [0.1, 0.15) is 12.4 Å². The van der Waals surface area contributed by atoms with Gasteiger partial charge < -0.3 is 4.74 Å². The third-order valence-electron chi connectivity index (χ3n) is 2.40. The van der Waals surface area contributed by atoms with Crippen LogP contribution >= 0.6 is 22.3 Å². The van der Waals surface area contributed by atoms with Crippen LogP contribution in [0.25, 0.3) is 0 Å². The largest absolute Gasteiger partial charge is 0.489 e. The van der Waals surface area contributed by atoms with Crippen molar-refractivity contribution in [2.75, 3.05) is 0 Å². The highest BCUT2D eigenvalue weighted by Crippen LogP contribution is 2.20. The van der Waals surface area contributed by atoms with Gasteiger partial charge in [-0.25, -0.2) is 8.42 Å². The van der Waals surface area contributed by atoms with Crippen molar-refractivity contribution < 1.29 is 13.2 Å². The SMILES string of the molecule is O=S(=O)(Cl)c1ccc(OCc2cccc(Cl)c2)cc1. The number of rotatable bonds is 4. The molecule has 0 spiro atoms. The van der Waals surface area contributed by atoms with Crippen molar-refractivity contribution in [1.82, 2.24) is 0 Å². The third-order valence-corrected chi connectivity index (χ3v) is 4.00. The highest BCUT2D eigenvalue weighted by molar-refractivity contribution is 8.13. The Bertz CT molecular complexity index is 667. The molecule has 0 radical (unpaired) electrons. The highest BCUT2D eigenvalue weighted by Gasteiger charge is 2.09. The molecule has 0 bridgehead atoms. The van der Waals surface area contributed by atoms with E-state index in [2.05, 4.69) is 0 Å². The normalized spacial score (nSPS) is 11.3. The van der Waals surface area contributed by atoms with E-state index in [9.17, 15) is 8.42 Å². The zero-order chi connectivity index (χ0) is 13.9. The van der Waals surface area contributed by atoms with Gasteiger partial charge in [0.25, 0.3) is 9.05 Å². The first-order valence-electron chi connectivity index (χ1n) is 5.37. The summed E-state index contributed by atoms with van der Waals surface area (Å²) in [5, 5.41) is 0.643. The van der Waals surface area contributed by atoms with Gasteiger partial charge in [-0.3, -0.25) is 0 Å². The Morgan fingerprint density at radius 1 is 1.05 bits per heavy atom. The molecule has 0 aliphatic carbocycles. The first-order valence-corrected chi connectivity index (χ1v) is 8.06. The Kier molecular flexibility index (Phi) is 4.34. The van der Waals surface area contributed by atoms with Gasteiger partial charge in [-0.2, -0.15) is 0 Å². The summed E-state index contributed by atoms with van der Waals surface area (Å²) in [6, 6.07) is 13.2. The van der Waals surface area contributed by atoms with Gasteiger partial charge in [-0.1, -0.05) is 23.7 Å². The molecule has 2 rings (SSSR count). The van der Waals surface area contributed by atoms with Crippen molar-refractivity contribution >= 4 is 31.3 Å². The molecule has 0 aliphatic heterocycles. The first kappa shape index (κ1) is 14.2. The van der Waals surface area contributed by atoms with Crippen molar-refractivity contribution in [1.29, 1.82) is 0 Å². The smallest absolute Gasteiger partial charge is 0.261 e. The van der Waals surface area contributed by atoms with E-state index in [1.165, 1.54) is 12.1 Å². The molecule has 0 unspecified atom stereocenters. The standard InChI is InChI=1S/C13H10Cl2O3S/c14-11-3-1-2-10(8-11)9-18-12-4-6-13(7-5-12)19(15,16)17/h1-8H,9H2. The summed E-state index contributed by atoms with van der Waals surface area (Å²) in [7, 11) is 1.52. The summed E-state index contributed by atoms with van der Waals surface area (Å²) in [6.07, 6.45) is 0. The lowest BCUT2D eigenvalue weighted by atomic mass is 10.2. The maximum atomic E-state index is 11.1. The summed E-state index contributed by atoms with van der Waals surface area (Å²) in [5.74, 6) is 0.559. The number of hydrogen-bond acceptors (Lipinski definition) is 3. The van der Waals surface area contributed by atoms with Crippen LogP contribution in [0.1, 0.15) is 5.56 Å². The molecule has 0 saturated heterocycles. The molecule has 0 N–H and O–H groups in total. The lowest BCUT2D eigenvalue weighted by molar-refractivity contribution is 0.306. The quantitative estimate of drug-likeness (QED) is 0.805. The van der Waals surface area contributed by atoms with E-state index in [0.717, 1.165) is 5.56 Å². The van der Waals surface area contributed by atoms with Crippen LogP contribution in [-0.2, 0) is 15.7 Å².